The minimum atomic E-state index is -0.195. The summed E-state index contributed by atoms with van der Waals surface area (Å²) in [6, 6.07) is 7.46. The Bertz CT molecular complexity index is 583. The summed E-state index contributed by atoms with van der Waals surface area (Å²) in [6.07, 6.45) is 0.691. The third-order valence-electron chi connectivity index (χ3n) is 2.77. The Balaban J connectivity index is 1.93. The van der Waals surface area contributed by atoms with Gasteiger partial charge in [0, 0.05) is 18.3 Å². The first kappa shape index (κ1) is 14.6. The fourth-order valence-electron chi connectivity index (χ4n) is 1.76. The molecule has 2 rings (SSSR count). The zero-order valence-electron chi connectivity index (χ0n) is 11.0. The van der Waals surface area contributed by atoms with Gasteiger partial charge in [-0.25, -0.2) is 4.98 Å². The predicted octanol–water partition coefficient (Wildman–Crippen LogP) is 1.07. The molecule has 1 amide bonds. The van der Waals surface area contributed by atoms with Crippen LogP contribution < -0.4 is 11.1 Å². The number of nitrogens with two attached hydrogens (primary N) is 1. The standard InChI is InChI=1S/C14H17N3O2S/c15-5-4-13-17-12(9-20-13)14(19)16-7-10-2-1-3-11(6-10)8-18/h1-3,6,9,18H,4-5,7-8,15H2,(H,16,19). The van der Waals surface area contributed by atoms with E-state index < -0.39 is 0 Å². The van der Waals surface area contributed by atoms with Gasteiger partial charge in [0.2, 0.25) is 0 Å². The molecule has 5 nitrogen and oxygen atoms in total. The topological polar surface area (TPSA) is 88.2 Å². The molecule has 0 aliphatic carbocycles. The third kappa shape index (κ3) is 3.86. The zero-order chi connectivity index (χ0) is 14.4. The number of benzene rings is 1. The number of aliphatic hydroxyl groups excluding tert-OH is 1. The number of carbonyl (C=O) groups is 1. The van der Waals surface area contributed by atoms with Gasteiger partial charge >= 0.3 is 0 Å². The number of thiazole rings is 1. The Morgan fingerprint density at radius 1 is 1.40 bits per heavy atom. The van der Waals surface area contributed by atoms with E-state index in [1.165, 1.54) is 11.3 Å². The van der Waals surface area contributed by atoms with E-state index in [0.29, 0.717) is 25.2 Å². The summed E-state index contributed by atoms with van der Waals surface area (Å²) in [5, 5.41) is 14.5. The Morgan fingerprint density at radius 2 is 2.20 bits per heavy atom. The highest BCUT2D eigenvalue weighted by molar-refractivity contribution is 7.09. The van der Waals surface area contributed by atoms with Crippen molar-refractivity contribution in [3.8, 4) is 0 Å². The number of aromatic nitrogens is 1. The van der Waals surface area contributed by atoms with Crippen molar-refractivity contribution in [2.24, 2.45) is 5.73 Å². The molecular weight excluding hydrogens is 274 g/mol. The van der Waals surface area contributed by atoms with E-state index in [2.05, 4.69) is 10.3 Å². The average Bonchev–Trinajstić information content (AvgIpc) is 2.94. The average molecular weight is 291 g/mol. The second kappa shape index (κ2) is 7.14. The minimum absolute atomic E-state index is 0.00365. The lowest BCUT2D eigenvalue weighted by Gasteiger charge is -2.05. The van der Waals surface area contributed by atoms with Crippen LogP contribution in [0.1, 0.15) is 26.6 Å². The molecule has 20 heavy (non-hydrogen) atoms. The molecule has 0 fully saturated rings. The molecule has 1 aromatic carbocycles. The minimum Gasteiger partial charge on any atom is -0.392 e. The van der Waals surface area contributed by atoms with Gasteiger partial charge in [-0.15, -0.1) is 11.3 Å². The quantitative estimate of drug-likeness (QED) is 0.742. The highest BCUT2D eigenvalue weighted by Crippen LogP contribution is 2.10. The van der Waals surface area contributed by atoms with E-state index in [9.17, 15) is 4.79 Å². The molecule has 0 atom stereocenters. The lowest BCUT2D eigenvalue weighted by Crippen LogP contribution is -2.23. The molecule has 0 spiro atoms. The maximum atomic E-state index is 11.9. The van der Waals surface area contributed by atoms with E-state index in [-0.39, 0.29) is 12.5 Å². The van der Waals surface area contributed by atoms with Gasteiger partial charge in [-0.2, -0.15) is 0 Å². The van der Waals surface area contributed by atoms with Gasteiger partial charge in [0.05, 0.1) is 11.6 Å². The number of rotatable bonds is 6. The molecule has 0 aliphatic heterocycles. The second-order valence-corrected chi connectivity index (χ2v) is 5.27. The summed E-state index contributed by atoms with van der Waals surface area (Å²) in [4.78, 5) is 16.2. The van der Waals surface area contributed by atoms with E-state index in [0.717, 1.165) is 16.1 Å². The molecular formula is C14H17N3O2S. The fraction of sp³-hybridized carbons (Fsp3) is 0.286. The molecule has 0 bridgehead atoms. The van der Waals surface area contributed by atoms with Crippen molar-refractivity contribution in [1.82, 2.24) is 10.3 Å². The Morgan fingerprint density at radius 3 is 2.95 bits per heavy atom. The summed E-state index contributed by atoms with van der Waals surface area (Å²) in [5.41, 5.74) is 7.66. The van der Waals surface area contributed by atoms with Crippen molar-refractivity contribution in [2.75, 3.05) is 6.54 Å². The van der Waals surface area contributed by atoms with Crippen LogP contribution in [0.3, 0.4) is 0 Å². The van der Waals surface area contributed by atoms with Crippen LogP contribution in [0.5, 0.6) is 0 Å². The first-order valence-corrected chi connectivity index (χ1v) is 7.22. The number of hydrogen-bond acceptors (Lipinski definition) is 5. The Kier molecular flexibility index (Phi) is 5.23. The van der Waals surface area contributed by atoms with Crippen molar-refractivity contribution in [3.05, 3.63) is 51.5 Å². The van der Waals surface area contributed by atoms with Crippen LogP contribution in [0.25, 0.3) is 0 Å². The van der Waals surface area contributed by atoms with Crippen molar-refractivity contribution >= 4 is 17.2 Å². The van der Waals surface area contributed by atoms with Crippen molar-refractivity contribution in [3.63, 3.8) is 0 Å². The van der Waals surface area contributed by atoms with Crippen molar-refractivity contribution in [1.29, 1.82) is 0 Å². The number of hydrogen-bond donors (Lipinski definition) is 3. The smallest absolute Gasteiger partial charge is 0.271 e. The van der Waals surface area contributed by atoms with Crippen LogP contribution in [0.15, 0.2) is 29.6 Å². The van der Waals surface area contributed by atoms with Gasteiger partial charge in [-0.1, -0.05) is 24.3 Å². The van der Waals surface area contributed by atoms with Crippen LogP contribution in [-0.4, -0.2) is 22.5 Å². The number of nitrogens with one attached hydrogen (secondary N) is 1. The lowest BCUT2D eigenvalue weighted by molar-refractivity contribution is 0.0946. The van der Waals surface area contributed by atoms with Gasteiger partial charge in [0.15, 0.2) is 0 Å². The van der Waals surface area contributed by atoms with Crippen LogP contribution in [-0.2, 0) is 19.6 Å². The van der Waals surface area contributed by atoms with Gasteiger partial charge in [-0.05, 0) is 17.7 Å². The molecule has 0 saturated carbocycles. The summed E-state index contributed by atoms with van der Waals surface area (Å²) in [7, 11) is 0. The van der Waals surface area contributed by atoms with Gasteiger partial charge in [0.25, 0.3) is 5.91 Å². The predicted molar refractivity (Wildman–Crippen MR) is 78.4 cm³/mol. The molecule has 0 saturated heterocycles. The Hall–Kier alpha value is -1.76. The molecule has 0 unspecified atom stereocenters. The van der Waals surface area contributed by atoms with Gasteiger partial charge < -0.3 is 16.2 Å². The van der Waals surface area contributed by atoms with E-state index >= 15 is 0 Å². The maximum Gasteiger partial charge on any atom is 0.271 e. The summed E-state index contributed by atoms with van der Waals surface area (Å²) >= 11 is 1.45. The summed E-state index contributed by atoms with van der Waals surface area (Å²) in [5.74, 6) is -0.195. The van der Waals surface area contributed by atoms with Crippen LogP contribution in [0.4, 0.5) is 0 Å². The highest BCUT2D eigenvalue weighted by Gasteiger charge is 2.10. The molecule has 1 aromatic heterocycles. The number of carbonyl (C=O) groups excluding carboxylic acids is 1. The number of aliphatic hydroxyl groups is 1. The summed E-state index contributed by atoms with van der Waals surface area (Å²) in [6.45, 7) is 0.940. The number of amides is 1. The lowest BCUT2D eigenvalue weighted by atomic mass is 10.1. The summed E-state index contributed by atoms with van der Waals surface area (Å²) < 4.78 is 0. The first-order chi connectivity index (χ1) is 9.72. The highest BCUT2D eigenvalue weighted by atomic mass is 32.1. The van der Waals surface area contributed by atoms with Crippen LogP contribution in [0, 0.1) is 0 Å². The van der Waals surface area contributed by atoms with Crippen LogP contribution >= 0.6 is 11.3 Å². The second-order valence-electron chi connectivity index (χ2n) is 4.33. The molecule has 0 aliphatic rings. The largest absolute Gasteiger partial charge is 0.392 e. The van der Waals surface area contributed by atoms with E-state index in [1.807, 2.05) is 24.3 Å². The number of nitrogens with zero attached hydrogens (tertiary/aromatic N) is 1. The molecule has 0 radical (unpaired) electrons. The van der Waals surface area contributed by atoms with E-state index in [4.69, 9.17) is 10.8 Å². The Labute approximate surface area is 121 Å². The third-order valence-corrected chi connectivity index (χ3v) is 3.68. The van der Waals surface area contributed by atoms with Gasteiger partial charge in [-0.3, -0.25) is 4.79 Å². The normalized spacial score (nSPS) is 10.5. The molecule has 2 aromatic rings. The molecule has 4 N–H and O–H groups in total. The van der Waals surface area contributed by atoms with Gasteiger partial charge in [0.1, 0.15) is 5.69 Å². The molecule has 6 heteroatoms. The van der Waals surface area contributed by atoms with Crippen molar-refractivity contribution in [2.45, 2.75) is 19.6 Å². The van der Waals surface area contributed by atoms with E-state index in [1.54, 1.807) is 5.38 Å². The first-order valence-electron chi connectivity index (χ1n) is 6.34. The van der Waals surface area contributed by atoms with Crippen molar-refractivity contribution < 1.29 is 9.90 Å². The molecule has 106 valence electrons. The molecule has 1 heterocycles. The fourth-order valence-corrected chi connectivity index (χ4v) is 2.56. The SMILES string of the molecule is NCCc1nc(C(=O)NCc2cccc(CO)c2)cs1. The van der Waals surface area contributed by atoms with Crippen LogP contribution in [0.2, 0.25) is 0 Å². The maximum absolute atomic E-state index is 11.9. The monoisotopic (exact) mass is 291 g/mol. The zero-order valence-corrected chi connectivity index (χ0v) is 11.8.